The van der Waals surface area contributed by atoms with E-state index in [1.54, 1.807) is 18.0 Å². The van der Waals surface area contributed by atoms with Gasteiger partial charge in [-0.15, -0.1) is 0 Å². The number of likely N-dealkylation sites (N-methyl/N-ethyl adjacent to an activating group) is 1. The molecular weight excluding hydrogens is 392 g/mol. The minimum atomic E-state index is -0.324. The van der Waals surface area contributed by atoms with E-state index in [4.69, 9.17) is 23.7 Å². The summed E-state index contributed by atoms with van der Waals surface area (Å²) in [7, 11) is 1.73. The molecule has 0 radical (unpaired) electrons. The molecule has 9 heteroatoms. The summed E-state index contributed by atoms with van der Waals surface area (Å²) >= 11 is 0. The molecule has 0 unspecified atom stereocenters. The maximum absolute atomic E-state index is 12.7. The molecule has 3 aliphatic heterocycles. The van der Waals surface area contributed by atoms with Gasteiger partial charge < -0.3 is 33.9 Å². The molecule has 0 saturated heterocycles. The zero-order chi connectivity index (χ0) is 20.7. The summed E-state index contributed by atoms with van der Waals surface area (Å²) in [6.45, 7) is 0.916. The van der Waals surface area contributed by atoms with Crippen molar-refractivity contribution in [1.29, 1.82) is 0 Å². The van der Waals surface area contributed by atoms with Crippen molar-refractivity contribution in [2.24, 2.45) is 0 Å². The Hall–Kier alpha value is -3.62. The van der Waals surface area contributed by atoms with Gasteiger partial charge in [-0.1, -0.05) is 6.07 Å². The highest BCUT2D eigenvalue weighted by molar-refractivity contribution is 6.01. The van der Waals surface area contributed by atoms with Gasteiger partial charge in [-0.3, -0.25) is 9.59 Å². The van der Waals surface area contributed by atoms with Crippen LogP contribution in [-0.4, -0.2) is 50.5 Å². The third kappa shape index (κ3) is 3.22. The fourth-order valence-corrected chi connectivity index (χ4v) is 3.65. The maximum atomic E-state index is 12.7. The lowest BCUT2D eigenvalue weighted by Crippen LogP contribution is -2.35. The first kappa shape index (κ1) is 18.4. The van der Waals surface area contributed by atoms with Crippen LogP contribution in [-0.2, 0) is 17.8 Å². The fraction of sp³-hybridized carbons (Fsp3) is 0.333. The topological polar surface area (TPSA) is 95.6 Å². The van der Waals surface area contributed by atoms with Crippen molar-refractivity contribution >= 4 is 11.8 Å². The molecule has 2 amide bonds. The summed E-state index contributed by atoms with van der Waals surface area (Å²) in [6, 6.07) is 7.30. The van der Waals surface area contributed by atoms with Gasteiger partial charge in [0.1, 0.15) is 0 Å². The molecule has 0 aromatic heterocycles. The predicted molar refractivity (Wildman–Crippen MR) is 103 cm³/mol. The van der Waals surface area contributed by atoms with E-state index in [-0.39, 0.29) is 37.8 Å². The molecule has 3 aliphatic rings. The normalized spacial score (nSPS) is 15.8. The summed E-state index contributed by atoms with van der Waals surface area (Å²) in [4.78, 5) is 26.7. The van der Waals surface area contributed by atoms with Crippen LogP contribution < -0.4 is 29.0 Å². The number of nitrogens with one attached hydrogen (secondary N) is 1. The third-order valence-electron chi connectivity index (χ3n) is 5.25. The molecule has 3 heterocycles. The van der Waals surface area contributed by atoms with E-state index in [1.165, 1.54) is 0 Å². The monoisotopic (exact) mass is 412 g/mol. The lowest BCUT2D eigenvalue weighted by Gasteiger charge is -2.27. The smallest absolute Gasteiger partial charge is 0.258 e. The molecule has 0 bridgehead atoms. The van der Waals surface area contributed by atoms with Crippen molar-refractivity contribution < 1.29 is 33.3 Å². The minimum absolute atomic E-state index is 0.0505. The average Bonchev–Trinajstić information content (AvgIpc) is 3.41. The summed E-state index contributed by atoms with van der Waals surface area (Å²) in [5.41, 5.74) is 2.13. The first-order valence-electron chi connectivity index (χ1n) is 9.59. The van der Waals surface area contributed by atoms with E-state index >= 15 is 0 Å². The van der Waals surface area contributed by atoms with Gasteiger partial charge in [0, 0.05) is 20.1 Å². The van der Waals surface area contributed by atoms with Crippen molar-refractivity contribution in [3.8, 4) is 28.7 Å². The molecule has 156 valence electrons. The maximum Gasteiger partial charge on any atom is 0.258 e. The van der Waals surface area contributed by atoms with Crippen LogP contribution in [0.1, 0.15) is 21.5 Å². The average molecular weight is 412 g/mol. The second-order valence-electron chi connectivity index (χ2n) is 7.20. The molecule has 0 atom stereocenters. The summed E-state index contributed by atoms with van der Waals surface area (Å²) in [5.74, 6) is 2.01. The number of benzene rings is 2. The Bertz CT molecular complexity index is 1040. The molecule has 30 heavy (non-hydrogen) atoms. The lowest BCUT2D eigenvalue weighted by atomic mass is 9.97. The number of carbonyl (C=O) groups excluding carboxylic acids is 2. The van der Waals surface area contributed by atoms with Gasteiger partial charge in [0.05, 0.1) is 5.56 Å². The number of hydrogen-bond acceptors (Lipinski definition) is 7. The third-order valence-corrected chi connectivity index (χ3v) is 5.25. The number of carbonyl (C=O) groups is 2. The molecule has 9 nitrogen and oxygen atoms in total. The van der Waals surface area contributed by atoms with E-state index in [1.807, 2.05) is 18.2 Å². The fourth-order valence-electron chi connectivity index (χ4n) is 3.65. The summed E-state index contributed by atoms with van der Waals surface area (Å²) in [6.07, 6.45) is 0.681. The van der Waals surface area contributed by atoms with Gasteiger partial charge in [-0.25, -0.2) is 0 Å². The summed E-state index contributed by atoms with van der Waals surface area (Å²) in [5, 5.41) is 2.80. The Morgan fingerprint density at radius 3 is 2.80 bits per heavy atom. The van der Waals surface area contributed by atoms with E-state index in [2.05, 4.69) is 5.32 Å². The van der Waals surface area contributed by atoms with Gasteiger partial charge >= 0.3 is 0 Å². The van der Waals surface area contributed by atoms with Crippen molar-refractivity contribution in [2.45, 2.75) is 13.0 Å². The van der Waals surface area contributed by atoms with Crippen molar-refractivity contribution in [1.82, 2.24) is 10.2 Å². The molecule has 2 aromatic rings. The van der Waals surface area contributed by atoms with Crippen LogP contribution in [0.3, 0.4) is 0 Å². The predicted octanol–water partition coefficient (Wildman–Crippen LogP) is 1.47. The summed E-state index contributed by atoms with van der Waals surface area (Å²) < 4.78 is 27.4. The van der Waals surface area contributed by atoms with Crippen LogP contribution in [0.25, 0.3) is 0 Å². The van der Waals surface area contributed by atoms with Crippen LogP contribution in [0.15, 0.2) is 24.3 Å². The van der Waals surface area contributed by atoms with Crippen LogP contribution in [0.5, 0.6) is 28.7 Å². The van der Waals surface area contributed by atoms with Crippen LogP contribution >= 0.6 is 0 Å². The van der Waals surface area contributed by atoms with E-state index < -0.39 is 0 Å². The SMILES string of the molecule is CN1CCc2cc3c(c(OCC(=O)NCc4ccc5c(c4)OCO5)c2C1=O)OCO3. The second-order valence-corrected chi connectivity index (χ2v) is 7.20. The van der Waals surface area contributed by atoms with Crippen molar-refractivity contribution in [3.63, 3.8) is 0 Å². The number of amides is 2. The van der Waals surface area contributed by atoms with E-state index in [0.717, 1.165) is 11.1 Å². The largest absolute Gasteiger partial charge is 0.479 e. The Morgan fingerprint density at radius 1 is 1.10 bits per heavy atom. The number of nitrogens with zero attached hydrogens (tertiary/aromatic N) is 1. The van der Waals surface area contributed by atoms with Gasteiger partial charge in [0.2, 0.25) is 19.3 Å². The lowest BCUT2D eigenvalue weighted by molar-refractivity contribution is -0.123. The van der Waals surface area contributed by atoms with Crippen LogP contribution in [0.2, 0.25) is 0 Å². The number of ether oxygens (including phenoxy) is 5. The quantitative estimate of drug-likeness (QED) is 0.795. The molecule has 0 aliphatic carbocycles. The second kappa shape index (κ2) is 7.33. The molecule has 5 rings (SSSR count). The number of hydrogen-bond donors (Lipinski definition) is 1. The Balaban J connectivity index is 1.29. The van der Waals surface area contributed by atoms with E-state index in [0.29, 0.717) is 48.1 Å². The standard InChI is InChI=1S/C21H20N2O7/c1-23-5-4-13-7-16-19(30-11-29-16)20(18(13)21(23)25)26-9-17(24)22-8-12-2-3-14-15(6-12)28-10-27-14/h2-3,6-7H,4-5,8-11H2,1H3,(H,22,24). The molecule has 2 aromatic carbocycles. The van der Waals surface area contributed by atoms with Crippen LogP contribution in [0, 0.1) is 0 Å². The number of fused-ring (bicyclic) bond motifs is 3. The molecular formula is C21H20N2O7. The van der Waals surface area contributed by atoms with Crippen LogP contribution in [0.4, 0.5) is 0 Å². The Kier molecular flexibility index (Phi) is 4.50. The molecule has 0 fully saturated rings. The molecule has 1 N–H and O–H groups in total. The molecule has 0 spiro atoms. The number of rotatable bonds is 5. The minimum Gasteiger partial charge on any atom is -0.479 e. The van der Waals surface area contributed by atoms with Gasteiger partial charge in [0.25, 0.3) is 11.8 Å². The van der Waals surface area contributed by atoms with Gasteiger partial charge in [-0.2, -0.15) is 0 Å². The zero-order valence-electron chi connectivity index (χ0n) is 16.4. The Morgan fingerprint density at radius 2 is 1.90 bits per heavy atom. The highest BCUT2D eigenvalue weighted by atomic mass is 16.7. The van der Waals surface area contributed by atoms with Gasteiger partial charge in [-0.05, 0) is 35.7 Å². The first-order chi connectivity index (χ1) is 14.6. The van der Waals surface area contributed by atoms with Crippen molar-refractivity contribution in [3.05, 3.63) is 41.0 Å². The zero-order valence-corrected chi connectivity index (χ0v) is 16.4. The highest BCUT2D eigenvalue weighted by Crippen LogP contribution is 2.46. The van der Waals surface area contributed by atoms with E-state index in [9.17, 15) is 9.59 Å². The van der Waals surface area contributed by atoms with Gasteiger partial charge in [0.15, 0.2) is 29.6 Å². The van der Waals surface area contributed by atoms with Crippen molar-refractivity contribution in [2.75, 3.05) is 33.8 Å². The molecule has 0 saturated carbocycles. The Labute approximate surface area is 172 Å². The first-order valence-corrected chi connectivity index (χ1v) is 9.59. The highest BCUT2D eigenvalue weighted by Gasteiger charge is 2.33.